The highest BCUT2D eigenvalue weighted by Gasteiger charge is 2.17. The Morgan fingerprint density at radius 2 is 2.00 bits per heavy atom. The molecule has 1 heterocycles. The molecule has 0 saturated carbocycles. The number of hydrogen-bond donors (Lipinski definition) is 2. The van der Waals surface area contributed by atoms with Gasteiger partial charge >= 0.3 is 0 Å². The Morgan fingerprint density at radius 1 is 1.29 bits per heavy atom. The van der Waals surface area contributed by atoms with Gasteiger partial charge in [0.2, 0.25) is 10.0 Å². The van der Waals surface area contributed by atoms with Crippen LogP contribution in [0.15, 0.2) is 29.2 Å². The summed E-state index contributed by atoms with van der Waals surface area (Å²) in [5.41, 5.74) is 0.333. The van der Waals surface area contributed by atoms with Crippen molar-refractivity contribution in [1.29, 1.82) is 0 Å². The van der Waals surface area contributed by atoms with Crippen LogP contribution in [0.1, 0.15) is 24.2 Å². The van der Waals surface area contributed by atoms with Gasteiger partial charge in [-0.05, 0) is 32.0 Å². The maximum absolute atomic E-state index is 12.4. The monoisotopic (exact) mass is 355 g/mol. The van der Waals surface area contributed by atoms with E-state index in [-0.39, 0.29) is 16.8 Å². The molecule has 1 fully saturated rings. The van der Waals surface area contributed by atoms with E-state index in [1.165, 1.54) is 12.1 Å². The second kappa shape index (κ2) is 8.57. The third-order valence-electron chi connectivity index (χ3n) is 3.65. The van der Waals surface area contributed by atoms with Crippen LogP contribution in [0.4, 0.5) is 0 Å². The van der Waals surface area contributed by atoms with E-state index < -0.39 is 10.0 Å². The van der Waals surface area contributed by atoms with Crippen LogP contribution in [0, 0.1) is 0 Å². The molecule has 1 saturated heterocycles. The van der Waals surface area contributed by atoms with Crippen LogP contribution in [-0.4, -0.2) is 64.7 Å². The summed E-state index contributed by atoms with van der Waals surface area (Å²) < 4.78 is 32.6. The Morgan fingerprint density at radius 3 is 2.67 bits per heavy atom. The lowest BCUT2D eigenvalue weighted by Crippen LogP contribution is -2.41. The zero-order valence-electron chi connectivity index (χ0n) is 14.1. The van der Waals surface area contributed by atoms with Gasteiger partial charge in [-0.3, -0.25) is 9.69 Å². The maximum atomic E-state index is 12.4. The number of nitrogens with one attached hydrogen (secondary N) is 2. The van der Waals surface area contributed by atoms with E-state index >= 15 is 0 Å². The molecular weight excluding hydrogens is 330 g/mol. The first-order valence-corrected chi connectivity index (χ1v) is 9.57. The fourth-order valence-electron chi connectivity index (χ4n) is 2.40. The summed E-state index contributed by atoms with van der Waals surface area (Å²) in [7, 11) is -3.63. The molecule has 2 rings (SSSR count). The van der Waals surface area contributed by atoms with Crippen molar-refractivity contribution < 1.29 is 17.9 Å². The summed E-state index contributed by atoms with van der Waals surface area (Å²) >= 11 is 0. The maximum Gasteiger partial charge on any atom is 0.251 e. The van der Waals surface area contributed by atoms with Crippen molar-refractivity contribution in [3.05, 3.63) is 29.8 Å². The van der Waals surface area contributed by atoms with Crippen LogP contribution in [0.2, 0.25) is 0 Å². The molecule has 134 valence electrons. The highest BCUT2D eigenvalue weighted by molar-refractivity contribution is 7.89. The van der Waals surface area contributed by atoms with Gasteiger partial charge in [0.25, 0.3) is 5.91 Å². The molecule has 1 aromatic rings. The molecule has 0 unspecified atom stereocenters. The molecule has 1 aliphatic heterocycles. The summed E-state index contributed by atoms with van der Waals surface area (Å²) in [6, 6.07) is 6.05. The van der Waals surface area contributed by atoms with Gasteiger partial charge in [0.15, 0.2) is 0 Å². The van der Waals surface area contributed by atoms with Crippen LogP contribution < -0.4 is 10.0 Å². The summed E-state index contributed by atoms with van der Waals surface area (Å²) in [4.78, 5) is 14.3. The second-order valence-electron chi connectivity index (χ2n) is 6.01. The first-order chi connectivity index (χ1) is 11.4. The van der Waals surface area contributed by atoms with Crippen molar-refractivity contribution >= 4 is 15.9 Å². The molecule has 1 aromatic carbocycles. The van der Waals surface area contributed by atoms with Crippen LogP contribution in [-0.2, 0) is 14.8 Å². The zero-order chi connectivity index (χ0) is 17.6. The van der Waals surface area contributed by atoms with Crippen molar-refractivity contribution in [2.75, 3.05) is 39.4 Å². The molecule has 24 heavy (non-hydrogen) atoms. The number of benzene rings is 1. The smallest absolute Gasteiger partial charge is 0.251 e. The molecule has 0 atom stereocenters. The number of rotatable bonds is 7. The molecule has 0 aromatic heterocycles. The molecule has 0 aliphatic carbocycles. The predicted molar refractivity (Wildman–Crippen MR) is 91.5 cm³/mol. The number of carbonyl (C=O) groups excluding carboxylic acids is 1. The number of ether oxygens (including phenoxy) is 1. The summed E-state index contributed by atoms with van der Waals surface area (Å²) in [6.45, 7) is 7.65. The van der Waals surface area contributed by atoms with Gasteiger partial charge in [0.1, 0.15) is 0 Å². The molecule has 8 heteroatoms. The molecule has 7 nitrogen and oxygen atoms in total. The zero-order valence-corrected chi connectivity index (χ0v) is 14.9. The minimum atomic E-state index is -3.63. The average Bonchev–Trinajstić information content (AvgIpc) is 2.55. The fraction of sp³-hybridized carbons (Fsp3) is 0.562. The third kappa shape index (κ3) is 5.55. The number of carbonyl (C=O) groups is 1. The van der Waals surface area contributed by atoms with Gasteiger partial charge in [-0.15, -0.1) is 0 Å². The minimum absolute atomic E-state index is 0.00980. The van der Waals surface area contributed by atoms with Crippen LogP contribution >= 0.6 is 0 Å². The van der Waals surface area contributed by atoms with Gasteiger partial charge in [0, 0.05) is 37.8 Å². The lowest BCUT2D eigenvalue weighted by molar-refractivity contribution is 0.0390. The van der Waals surface area contributed by atoms with Gasteiger partial charge in [-0.1, -0.05) is 6.07 Å². The van der Waals surface area contributed by atoms with E-state index in [4.69, 9.17) is 4.74 Å². The van der Waals surface area contributed by atoms with E-state index in [2.05, 4.69) is 14.9 Å². The number of amides is 1. The Hall–Kier alpha value is -1.48. The van der Waals surface area contributed by atoms with Crippen molar-refractivity contribution in [3.63, 3.8) is 0 Å². The van der Waals surface area contributed by atoms with E-state index in [9.17, 15) is 13.2 Å². The van der Waals surface area contributed by atoms with E-state index in [0.717, 1.165) is 13.1 Å². The number of nitrogens with zero attached hydrogens (tertiary/aromatic N) is 1. The quantitative estimate of drug-likeness (QED) is 0.741. The number of sulfonamides is 1. The molecule has 1 amide bonds. The number of hydrogen-bond acceptors (Lipinski definition) is 5. The SMILES string of the molecule is CC(C)NC(=O)c1cccc(S(=O)(=O)NCCN2CCOCC2)c1. The summed E-state index contributed by atoms with van der Waals surface area (Å²) in [5, 5.41) is 2.75. The molecule has 0 radical (unpaired) electrons. The van der Waals surface area contributed by atoms with Gasteiger partial charge in [-0.2, -0.15) is 0 Å². The summed E-state index contributed by atoms with van der Waals surface area (Å²) in [5.74, 6) is -0.282. The Balaban J connectivity index is 1.96. The average molecular weight is 355 g/mol. The Bertz CT molecular complexity index is 655. The van der Waals surface area contributed by atoms with Gasteiger partial charge in [0.05, 0.1) is 18.1 Å². The standard InChI is InChI=1S/C16H25N3O4S/c1-13(2)18-16(20)14-4-3-5-15(12-14)24(21,22)17-6-7-19-8-10-23-11-9-19/h3-5,12-13,17H,6-11H2,1-2H3,(H,18,20). The van der Waals surface area contributed by atoms with Crippen LogP contribution in [0.5, 0.6) is 0 Å². The summed E-state index contributed by atoms with van der Waals surface area (Å²) in [6.07, 6.45) is 0. The molecular formula is C16H25N3O4S. The highest BCUT2D eigenvalue weighted by Crippen LogP contribution is 2.11. The molecule has 1 aliphatic rings. The first kappa shape index (κ1) is 18.9. The van der Waals surface area contributed by atoms with Crippen LogP contribution in [0.3, 0.4) is 0 Å². The van der Waals surface area contributed by atoms with E-state index in [1.54, 1.807) is 12.1 Å². The Labute approximate surface area is 143 Å². The van der Waals surface area contributed by atoms with Crippen molar-refractivity contribution in [2.24, 2.45) is 0 Å². The second-order valence-corrected chi connectivity index (χ2v) is 7.77. The minimum Gasteiger partial charge on any atom is -0.379 e. The van der Waals surface area contributed by atoms with E-state index in [1.807, 2.05) is 13.8 Å². The van der Waals surface area contributed by atoms with E-state index in [0.29, 0.717) is 31.9 Å². The number of morpholine rings is 1. The van der Waals surface area contributed by atoms with Crippen LogP contribution in [0.25, 0.3) is 0 Å². The largest absolute Gasteiger partial charge is 0.379 e. The molecule has 0 bridgehead atoms. The topological polar surface area (TPSA) is 87.7 Å². The van der Waals surface area contributed by atoms with Crippen molar-refractivity contribution in [3.8, 4) is 0 Å². The highest BCUT2D eigenvalue weighted by atomic mass is 32.2. The predicted octanol–water partition coefficient (Wildman–Crippen LogP) is 0.435. The lowest BCUT2D eigenvalue weighted by Gasteiger charge is -2.26. The first-order valence-electron chi connectivity index (χ1n) is 8.09. The normalized spacial score (nSPS) is 16.3. The third-order valence-corrected chi connectivity index (χ3v) is 5.11. The molecule has 0 spiro atoms. The van der Waals surface area contributed by atoms with Gasteiger partial charge < -0.3 is 10.1 Å². The fourth-order valence-corrected chi connectivity index (χ4v) is 3.46. The van der Waals surface area contributed by atoms with Gasteiger partial charge in [-0.25, -0.2) is 13.1 Å². The lowest BCUT2D eigenvalue weighted by atomic mass is 10.2. The van der Waals surface area contributed by atoms with Crippen molar-refractivity contribution in [1.82, 2.24) is 14.9 Å². The molecule has 2 N–H and O–H groups in total. The Kier molecular flexibility index (Phi) is 6.73. The van der Waals surface area contributed by atoms with Crippen molar-refractivity contribution in [2.45, 2.75) is 24.8 Å².